The Morgan fingerprint density at radius 1 is 1.21 bits per heavy atom. The lowest BCUT2D eigenvalue weighted by Crippen LogP contribution is -2.31. The van der Waals surface area contributed by atoms with Gasteiger partial charge in [-0.3, -0.25) is 0 Å². The largest absolute Gasteiger partial charge is 0.465 e. The van der Waals surface area contributed by atoms with Gasteiger partial charge in [-0.15, -0.1) is 0 Å². The third-order valence-electron chi connectivity index (χ3n) is 2.63. The molecule has 0 spiro atoms. The average molecular weight is 200 g/mol. The molecular weight excluding hydrogens is 180 g/mol. The SMILES string of the molecule is O=C(O)NCCCCN1CCCCC1. The summed E-state index contributed by atoms with van der Waals surface area (Å²) < 4.78 is 0. The van der Waals surface area contributed by atoms with Crippen molar-refractivity contribution in [2.24, 2.45) is 0 Å². The van der Waals surface area contributed by atoms with Gasteiger partial charge in [0.25, 0.3) is 0 Å². The minimum Gasteiger partial charge on any atom is -0.465 e. The van der Waals surface area contributed by atoms with Crippen LogP contribution in [0.4, 0.5) is 4.79 Å². The maximum absolute atomic E-state index is 10.1. The minimum absolute atomic E-state index is 0.586. The standard InChI is InChI=1S/C10H20N2O2/c13-10(14)11-6-2-5-9-12-7-3-1-4-8-12/h11H,1-9H2,(H,13,14). The highest BCUT2D eigenvalue weighted by Gasteiger charge is 2.08. The van der Waals surface area contributed by atoms with Crippen LogP contribution in [-0.4, -0.2) is 42.3 Å². The van der Waals surface area contributed by atoms with Gasteiger partial charge in [0.05, 0.1) is 0 Å². The van der Waals surface area contributed by atoms with Crippen molar-refractivity contribution in [1.82, 2.24) is 10.2 Å². The highest BCUT2D eigenvalue weighted by molar-refractivity contribution is 5.64. The second kappa shape index (κ2) is 6.65. The van der Waals surface area contributed by atoms with Gasteiger partial charge in [0.1, 0.15) is 0 Å². The Balaban J connectivity index is 1.90. The summed E-state index contributed by atoms with van der Waals surface area (Å²) in [5, 5.41) is 10.7. The van der Waals surface area contributed by atoms with Crippen molar-refractivity contribution in [2.75, 3.05) is 26.2 Å². The van der Waals surface area contributed by atoms with E-state index >= 15 is 0 Å². The highest BCUT2D eigenvalue weighted by Crippen LogP contribution is 2.08. The molecule has 0 radical (unpaired) electrons. The van der Waals surface area contributed by atoms with E-state index in [1.54, 1.807) is 0 Å². The summed E-state index contributed by atoms with van der Waals surface area (Å²) >= 11 is 0. The Morgan fingerprint density at radius 3 is 2.57 bits per heavy atom. The third kappa shape index (κ3) is 5.07. The normalized spacial score (nSPS) is 18.0. The Morgan fingerprint density at radius 2 is 1.93 bits per heavy atom. The summed E-state index contributed by atoms with van der Waals surface area (Å²) in [7, 11) is 0. The molecule has 82 valence electrons. The zero-order valence-corrected chi connectivity index (χ0v) is 8.67. The number of carbonyl (C=O) groups is 1. The Kier molecular flexibility index (Phi) is 5.37. The van der Waals surface area contributed by atoms with Crippen molar-refractivity contribution in [1.29, 1.82) is 0 Å². The number of nitrogens with zero attached hydrogens (tertiary/aromatic N) is 1. The zero-order chi connectivity index (χ0) is 10.2. The summed E-state index contributed by atoms with van der Waals surface area (Å²) in [5.74, 6) is 0. The van der Waals surface area contributed by atoms with Crippen LogP contribution in [0.1, 0.15) is 32.1 Å². The lowest BCUT2D eigenvalue weighted by Gasteiger charge is -2.26. The molecule has 4 nitrogen and oxygen atoms in total. The summed E-state index contributed by atoms with van der Waals surface area (Å²) in [5.41, 5.74) is 0. The van der Waals surface area contributed by atoms with Gasteiger partial charge in [-0.05, 0) is 45.3 Å². The van der Waals surface area contributed by atoms with E-state index in [4.69, 9.17) is 5.11 Å². The van der Waals surface area contributed by atoms with E-state index in [9.17, 15) is 4.79 Å². The molecule has 0 saturated carbocycles. The van der Waals surface area contributed by atoms with Crippen molar-refractivity contribution in [2.45, 2.75) is 32.1 Å². The second-order valence-electron chi connectivity index (χ2n) is 3.84. The van der Waals surface area contributed by atoms with Gasteiger partial charge < -0.3 is 15.3 Å². The van der Waals surface area contributed by atoms with E-state index in [-0.39, 0.29) is 0 Å². The smallest absolute Gasteiger partial charge is 0.404 e. The number of rotatable bonds is 5. The predicted molar refractivity (Wildman–Crippen MR) is 55.6 cm³/mol. The molecule has 2 N–H and O–H groups in total. The molecular formula is C10H20N2O2. The number of likely N-dealkylation sites (tertiary alicyclic amines) is 1. The number of hydrogen-bond acceptors (Lipinski definition) is 2. The number of nitrogens with one attached hydrogen (secondary N) is 1. The summed E-state index contributed by atoms with van der Waals surface area (Å²) in [4.78, 5) is 12.6. The molecule has 4 heteroatoms. The van der Waals surface area contributed by atoms with Crippen LogP contribution in [0.3, 0.4) is 0 Å². The van der Waals surface area contributed by atoms with Crippen molar-refractivity contribution in [3.05, 3.63) is 0 Å². The van der Waals surface area contributed by atoms with Crippen LogP contribution in [0.15, 0.2) is 0 Å². The predicted octanol–water partition coefficient (Wildman–Crippen LogP) is 1.52. The maximum Gasteiger partial charge on any atom is 0.404 e. The van der Waals surface area contributed by atoms with Gasteiger partial charge >= 0.3 is 6.09 Å². The Bertz CT molecular complexity index is 168. The summed E-state index contributed by atoms with van der Waals surface area (Å²) in [6, 6.07) is 0. The first-order valence-electron chi connectivity index (χ1n) is 5.48. The molecule has 0 aromatic carbocycles. The molecule has 0 aliphatic carbocycles. The molecule has 0 atom stereocenters. The molecule has 1 aliphatic rings. The molecule has 1 fully saturated rings. The van der Waals surface area contributed by atoms with E-state index in [1.807, 2.05) is 0 Å². The molecule has 1 rings (SSSR count). The van der Waals surface area contributed by atoms with Crippen LogP contribution in [0.25, 0.3) is 0 Å². The van der Waals surface area contributed by atoms with E-state index in [1.165, 1.54) is 32.4 Å². The lowest BCUT2D eigenvalue weighted by atomic mass is 10.1. The van der Waals surface area contributed by atoms with Crippen molar-refractivity contribution >= 4 is 6.09 Å². The molecule has 0 aromatic rings. The van der Waals surface area contributed by atoms with E-state index in [2.05, 4.69) is 10.2 Å². The fourth-order valence-electron chi connectivity index (χ4n) is 1.84. The summed E-state index contributed by atoms with van der Waals surface area (Å²) in [6.07, 6.45) is 5.16. The van der Waals surface area contributed by atoms with E-state index in [0.29, 0.717) is 6.54 Å². The van der Waals surface area contributed by atoms with Crippen LogP contribution < -0.4 is 5.32 Å². The first-order chi connectivity index (χ1) is 6.79. The van der Waals surface area contributed by atoms with Crippen LogP contribution in [0, 0.1) is 0 Å². The number of amides is 1. The Labute approximate surface area is 85.3 Å². The van der Waals surface area contributed by atoms with Gasteiger partial charge in [-0.25, -0.2) is 4.79 Å². The van der Waals surface area contributed by atoms with Crippen LogP contribution in [-0.2, 0) is 0 Å². The third-order valence-corrected chi connectivity index (χ3v) is 2.63. The maximum atomic E-state index is 10.1. The van der Waals surface area contributed by atoms with Gasteiger partial charge in [0.15, 0.2) is 0 Å². The van der Waals surface area contributed by atoms with Crippen LogP contribution in [0.5, 0.6) is 0 Å². The number of hydrogen-bond donors (Lipinski definition) is 2. The number of piperidine rings is 1. The first kappa shape index (κ1) is 11.3. The van der Waals surface area contributed by atoms with Gasteiger partial charge in [-0.1, -0.05) is 6.42 Å². The highest BCUT2D eigenvalue weighted by atomic mass is 16.4. The van der Waals surface area contributed by atoms with Gasteiger partial charge in [0.2, 0.25) is 0 Å². The molecule has 1 saturated heterocycles. The zero-order valence-electron chi connectivity index (χ0n) is 8.67. The topological polar surface area (TPSA) is 52.6 Å². The van der Waals surface area contributed by atoms with Crippen molar-refractivity contribution in [3.63, 3.8) is 0 Å². The quantitative estimate of drug-likeness (QED) is 0.662. The fraction of sp³-hybridized carbons (Fsp3) is 0.900. The number of carboxylic acid groups (broad SMARTS) is 1. The Hall–Kier alpha value is -0.770. The van der Waals surface area contributed by atoms with Crippen LogP contribution in [0.2, 0.25) is 0 Å². The fourth-order valence-corrected chi connectivity index (χ4v) is 1.84. The second-order valence-corrected chi connectivity index (χ2v) is 3.84. The minimum atomic E-state index is -0.914. The molecule has 0 unspecified atom stereocenters. The van der Waals surface area contributed by atoms with Crippen molar-refractivity contribution in [3.8, 4) is 0 Å². The monoisotopic (exact) mass is 200 g/mol. The molecule has 14 heavy (non-hydrogen) atoms. The van der Waals surface area contributed by atoms with Gasteiger partial charge in [-0.2, -0.15) is 0 Å². The first-order valence-corrected chi connectivity index (χ1v) is 5.48. The molecule has 0 aromatic heterocycles. The van der Waals surface area contributed by atoms with E-state index < -0.39 is 6.09 Å². The van der Waals surface area contributed by atoms with Crippen molar-refractivity contribution < 1.29 is 9.90 Å². The molecule has 1 amide bonds. The van der Waals surface area contributed by atoms with E-state index in [0.717, 1.165) is 19.4 Å². The average Bonchev–Trinajstić information content (AvgIpc) is 2.18. The lowest BCUT2D eigenvalue weighted by molar-refractivity contribution is 0.193. The molecule has 1 heterocycles. The van der Waals surface area contributed by atoms with Crippen LogP contribution >= 0.6 is 0 Å². The van der Waals surface area contributed by atoms with Gasteiger partial charge in [0, 0.05) is 6.54 Å². The molecule has 1 aliphatic heterocycles. The molecule has 0 bridgehead atoms. The summed E-state index contributed by atoms with van der Waals surface area (Å²) in [6.45, 7) is 4.17. The number of unbranched alkanes of at least 4 members (excludes halogenated alkanes) is 1.